The van der Waals surface area contributed by atoms with Crippen LogP contribution in [0, 0.1) is 5.95 Å². The molecule has 0 spiro atoms. The Morgan fingerprint density at radius 2 is 2.21 bits per heavy atom. The minimum absolute atomic E-state index is 0.0260. The number of nitrogens with one attached hydrogen (secondary N) is 1. The van der Waals surface area contributed by atoms with Crippen LogP contribution in [0.25, 0.3) is 0 Å². The highest BCUT2D eigenvalue weighted by molar-refractivity contribution is 6.06. The van der Waals surface area contributed by atoms with Crippen LogP contribution in [0.4, 0.5) is 15.9 Å². The van der Waals surface area contributed by atoms with Gasteiger partial charge in [-0.2, -0.15) is 4.39 Å². The Hall–Kier alpha value is -3.00. The Bertz CT molecular complexity index is 950. The third-order valence-corrected chi connectivity index (χ3v) is 4.96. The molecule has 0 radical (unpaired) electrons. The van der Waals surface area contributed by atoms with Gasteiger partial charge in [-0.3, -0.25) is 4.79 Å². The SMILES string of the molecule is C=C1CN(c2cc(C(=O)Nc3cccnc3F)c3c(n2)CCOCC3)CC(C)O1. The van der Waals surface area contributed by atoms with E-state index in [4.69, 9.17) is 14.5 Å². The Balaban J connectivity index is 1.72. The molecule has 29 heavy (non-hydrogen) atoms. The van der Waals surface area contributed by atoms with Gasteiger partial charge in [-0.1, -0.05) is 6.58 Å². The molecular weight excluding hydrogens is 375 g/mol. The molecule has 2 aromatic rings. The third kappa shape index (κ3) is 4.22. The number of rotatable bonds is 3. The summed E-state index contributed by atoms with van der Waals surface area (Å²) in [6.07, 6.45) is 2.51. The fourth-order valence-corrected chi connectivity index (χ4v) is 3.70. The van der Waals surface area contributed by atoms with Crippen molar-refractivity contribution in [2.75, 3.05) is 36.5 Å². The summed E-state index contributed by atoms with van der Waals surface area (Å²) in [5.74, 6) is 0.229. The Labute approximate surface area is 168 Å². The van der Waals surface area contributed by atoms with Crippen LogP contribution in [0.2, 0.25) is 0 Å². The largest absolute Gasteiger partial charge is 0.492 e. The van der Waals surface area contributed by atoms with E-state index in [9.17, 15) is 9.18 Å². The molecule has 1 fully saturated rings. The van der Waals surface area contributed by atoms with E-state index in [1.54, 1.807) is 12.1 Å². The first-order chi connectivity index (χ1) is 14.0. The molecule has 2 aliphatic rings. The van der Waals surface area contributed by atoms with Crippen molar-refractivity contribution in [2.45, 2.75) is 25.9 Å². The summed E-state index contributed by atoms with van der Waals surface area (Å²) in [5.41, 5.74) is 2.20. The maximum Gasteiger partial charge on any atom is 0.256 e. The lowest BCUT2D eigenvalue weighted by atomic mass is 10.0. The molecule has 0 aliphatic carbocycles. The van der Waals surface area contributed by atoms with Crippen LogP contribution >= 0.6 is 0 Å². The third-order valence-electron chi connectivity index (χ3n) is 4.96. The van der Waals surface area contributed by atoms with E-state index in [0.29, 0.717) is 56.3 Å². The molecule has 4 rings (SSSR count). The molecule has 2 aromatic heterocycles. The summed E-state index contributed by atoms with van der Waals surface area (Å²) in [7, 11) is 0. The smallest absolute Gasteiger partial charge is 0.256 e. The number of hydrogen-bond donors (Lipinski definition) is 1. The van der Waals surface area contributed by atoms with Crippen molar-refractivity contribution in [3.63, 3.8) is 0 Å². The number of hydrogen-bond acceptors (Lipinski definition) is 6. The van der Waals surface area contributed by atoms with Gasteiger partial charge in [-0.25, -0.2) is 9.97 Å². The van der Waals surface area contributed by atoms with E-state index in [0.717, 1.165) is 11.3 Å². The monoisotopic (exact) mass is 398 g/mol. The maximum atomic E-state index is 13.9. The second-order valence-corrected chi connectivity index (χ2v) is 7.21. The molecule has 1 saturated heterocycles. The number of pyridine rings is 2. The number of carbonyl (C=O) groups excluding carboxylic acids is 1. The van der Waals surface area contributed by atoms with Crippen molar-refractivity contribution in [2.24, 2.45) is 0 Å². The molecule has 7 nitrogen and oxygen atoms in total. The summed E-state index contributed by atoms with van der Waals surface area (Å²) in [5, 5.41) is 2.64. The van der Waals surface area contributed by atoms with E-state index < -0.39 is 5.95 Å². The summed E-state index contributed by atoms with van der Waals surface area (Å²) < 4.78 is 25.1. The van der Waals surface area contributed by atoms with Crippen molar-refractivity contribution in [1.29, 1.82) is 0 Å². The van der Waals surface area contributed by atoms with Crippen LogP contribution in [0.5, 0.6) is 0 Å². The second-order valence-electron chi connectivity index (χ2n) is 7.21. The molecule has 1 N–H and O–H groups in total. The number of morpholine rings is 1. The summed E-state index contributed by atoms with van der Waals surface area (Å²) in [6.45, 7) is 8.10. The molecule has 1 atom stereocenters. The highest BCUT2D eigenvalue weighted by Gasteiger charge is 2.26. The molecule has 8 heteroatoms. The molecular formula is C21H23FN4O3. The van der Waals surface area contributed by atoms with Crippen molar-refractivity contribution in [1.82, 2.24) is 9.97 Å². The fourth-order valence-electron chi connectivity index (χ4n) is 3.70. The average molecular weight is 398 g/mol. The first-order valence-electron chi connectivity index (χ1n) is 9.63. The van der Waals surface area contributed by atoms with Gasteiger partial charge >= 0.3 is 0 Å². The standard InChI is InChI=1S/C21H23FN4O3/c1-13-11-26(12-14(2)29-13)19-10-16(15-5-8-28-9-6-17(15)24-19)21(27)25-18-4-3-7-23-20(18)22/h3-4,7,10,14H,1,5-6,8-9,11-12H2,2H3,(H,25,27). The maximum absolute atomic E-state index is 13.9. The summed E-state index contributed by atoms with van der Waals surface area (Å²) in [4.78, 5) is 23.5. The first kappa shape index (κ1) is 19.3. The zero-order valence-electron chi connectivity index (χ0n) is 16.3. The normalized spacial score (nSPS) is 19.2. The fraction of sp³-hybridized carbons (Fsp3) is 0.381. The van der Waals surface area contributed by atoms with Crippen molar-refractivity contribution < 1.29 is 18.7 Å². The average Bonchev–Trinajstić information content (AvgIpc) is 2.93. The van der Waals surface area contributed by atoms with Gasteiger partial charge in [0.15, 0.2) is 0 Å². The summed E-state index contributed by atoms with van der Waals surface area (Å²) in [6, 6.07) is 4.82. The second kappa shape index (κ2) is 8.16. The molecule has 1 amide bonds. The van der Waals surface area contributed by atoms with E-state index in [-0.39, 0.29) is 17.7 Å². The Morgan fingerprint density at radius 3 is 3.00 bits per heavy atom. The van der Waals surface area contributed by atoms with Gasteiger partial charge in [-0.15, -0.1) is 0 Å². The van der Waals surface area contributed by atoms with Crippen molar-refractivity contribution in [3.8, 4) is 0 Å². The molecule has 0 saturated carbocycles. The zero-order valence-corrected chi connectivity index (χ0v) is 16.3. The van der Waals surface area contributed by atoms with Gasteiger partial charge in [0.1, 0.15) is 17.7 Å². The van der Waals surface area contributed by atoms with Crippen LogP contribution in [-0.2, 0) is 22.3 Å². The van der Waals surface area contributed by atoms with Gasteiger partial charge in [0.2, 0.25) is 5.95 Å². The molecule has 0 bridgehead atoms. The number of anilines is 2. The van der Waals surface area contributed by atoms with E-state index in [1.165, 1.54) is 12.3 Å². The number of carbonyl (C=O) groups is 1. The zero-order chi connectivity index (χ0) is 20.4. The molecule has 4 heterocycles. The van der Waals surface area contributed by atoms with Gasteiger partial charge < -0.3 is 19.7 Å². The van der Waals surface area contributed by atoms with Crippen molar-refractivity contribution in [3.05, 3.63) is 59.5 Å². The van der Waals surface area contributed by atoms with Crippen molar-refractivity contribution >= 4 is 17.4 Å². The predicted octanol–water partition coefficient (Wildman–Crippen LogP) is 2.72. The van der Waals surface area contributed by atoms with Crippen LogP contribution in [0.1, 0.15) is 28.5 Å². The number of halogens is 1. The topological polar surface area (TPSA) is 76.6 Å². The van der Waals surface area contributed by atoms with E-state index in [2.05, 4.69) is 16.9 Å². The minimum atomic E-state index is -0.720. The highest BCUT2D eigenvalue weighted by Crippen LogP contribution is 2.27. The van der Waals surface area contributed by atoms with Gasteiger partial charge in [0.05, 0.1) is 32.0 Å². The quantitative estimate of drug-likeness (QED) is 0.802. The molecule has 0 aromatic carbocycles. The van der Waals surface area contributed by atoms with E-state index in [1.807, 2.05) is 11.8 Å². The molecule has 1 unspecified atom stereocenters. The Morgan fingerprint density at radius 1 is 1.38 bits per heavy atom. The lowest BCUT2D eigenvalue weighted by molar-refractivity contribution is 0.102. The lowest BCUT2D eigenvalue weighted by Gasteiger charge is -2.34. The number of amides is 1. The van der Waals surface area contributed by atoms with Crippen LogP contribution in [0.3, 0.4) is 0 Å². The molecule has 2 aliphatic heterocycles. The minimum Gasteiger partial charge on any atom is -0.492 e. The first-order valence-corrected chi connectivity index (χ1v) is 9.63. The van der Waals surface area contributed by atoms with Gasteiger partial charge in [-0.05, 0) is 37.1 Å². The lowest BCUT2D eigenvalue weighted by Crippen LogP contribution is -2.40. The van der Waals surface area contributed by atoms with Gasteiger partial charge in [0.25, 0.3) is 5.91 Å². The van der Waals surface area contributed by atoms with Crippen LogP contribution in [0.15, 0.2) is 36.7 Å². The Kier molecular flexibility index (Phi) is 5.44. The molecule has 152 valence electrons. The highest BCUT2D eigenvalue weighted by atomic mass is 19.1. The number of fused-ring (bicyclic) bond motifs is 1. The number of aromatic nitrogens is 2. The number of nitrogens with zero attached hydrogens (tertiary/aromatic N) is 3. The summed E-state index contributed by atoms with van der Waals surface area (Å²) >= 11 is 0. The number of ether oxygens (including phenoxy) is 2. The van der Waals surface area contributed by atoms with Crippen LogP contribution in [-0.4, -0.2) is 48.3 Å². The van der Waals surface area contributed by atoms with Crippen LogP contribution < -0.4 is 10.2 Å². The van der Waals surface area contributed by atoms with E-state index >= 15 is 0 Å². The van der Waals surface area contributed by atoms with Gasteiger partial charge in [0, 0.05) is 23.9 Å². The predicted molar refractivity (Wildman–Crippen MR) is 107 cm³/mol.